The molecule has 1 amide bonds. The smallest absolute Gasteiger partial charge is 0.329 e. The second-order valence-electron chi connectivity index (χ2n) is 5.96. The van der Waals surface area contributed by atoms with Crippen LogP contribution in [-0.4, -0.2) is 48.3 Å². The predicted molar refractivity (Wildman–Crippen MR) is 95.0 cm³/mol. The van der Waals surface area contributed by atoms with Gasteiger partial charge in [0.15, 0.2) is 0 Å². The number of amides is 1. The molecule has 0 bridgehead atoms. The highest BCUT2D eigenvalue weighted by molar-refractivity contribution is 7.89. The number of aliphatic carboxylic acids is 1. The van der Waals surface area contributed by atoms with Crippen LogP contribution in [0.4, 0.5) is 0 Å². The number of carboxylic acid groups (broad SMARTS) is 1. The van der Waals surface area contributed by atoms with Gasteiger partial charge >= 0.3 is 5.97 Å². The monoisotopic (exact) mass is 370 g/mol. The Bertz CT molecular complexity index is 728. The number of sulfonamides is 1. The topological polar surface area (TPSA) is 104 Å². The summed E-state index contributed by atoms with van der Waals surface area (Å²) in [4.78, 5) is 23.9. The largest absolute Gasteiger partial charge is 0.480 e. The summed E-state index contributed by atoms with van der Waals surface area (Å²) < 4.78 is 26.4. The van der Waals surface area contributed by atoms with E-state index in [9.17, 15) is 23.1 Å². The van der Waals surface area contributed by atoms with E-state index in [0.717, 1.165) is 0 Å². The molecule has 0 radical (unpaired) electrons. The molecule has 25 heavy (non-hydrogen) atoms. The maximum Gasteiger partial charge on any atom is 0.329 e. The van der Waals surface area contributed by atoms with E-state index in [1.807, 2.05) is 6.92 Å². The predicted octanol–water partition coefficient (Wildman–Crippen LogP) is 2.09. The number of nitrogens with zero attached hydrogens (tertiary/aromatic N) is 1. The van der Waals surface area contributed by atoms with Crippen molar-refractivity contribution in [2.75, 3.05) is 13.1 Å². The number of hydrogen-bond acceptors (Lipinski definition) is 4. The molecule has 1 atom stereocenters. The highest BCUT2D eigenvalue weighted by atomic mass is 32.2. The van der Waals surface area contributed by atoms with Crippen LogP contribution < -0.4 is 5.32 Å². The lowest BCUT2D eigenvalue weighted by atomic mass is 9.96. The molecule has 0 spiro atoms. The van der Waals surface area contributed by atoms with Crippen LogP contribution in [0.1, 0.15) is 50.9 Å². The van der Waals surface area contributed by atoms with Crippen molar-refractivity contribution in [3.05, 3.63) is 29.8 Å². The zero-order valence-corrected chi connectivity index (χ0v) is 15.9. The van der Waals surface area contributed by atoms with Gasteiger partial charge in [-0.1, -0.05) is 33.3 Å². The fraction of sp³-hybridized carbons (Fsp3) is 0.529. The summed E-state index contributed by atoms with van der Waals surface area (Å²) in [5.74, 6) is -1.75. The molecule has 0 aromatic heterocycles. The normalized spacial score (nSPS) is 14.1. The Hall–Kier alpha value is -1.93. The minimum Gasteiger partial charge on any atom is -0.480 e. The number of carboxylic acids is 1. The van der Waals surface area contributed by atoms with Gasteiger partial charge in [-0.05, 0) is 31.5 Å². The van der Waals surface area contributed by atoms with Crippen LogP contribution in [-0.2, 0) is 14.8 Å². The van der Waals surface area contributed by atoms with E-state index in [4.69, 9.17) is 0 Å². The van der Waals surface area contributed by atoms with E-state index in [0.29, 0.717) is 19.5 Å². The van der Waals surface area contributed by atoms with Gasteiger partial charge in [0.25, 0.3) is 5.91 Å². The van der Waals surface area contributed by atoms with E-state index in [2.05, 4.69) is 5.32 Å². The summed E-state index contributed by atoms with van der Waals surface area (Å²) >= 11 is 0. The highest BCUT2D eigenvalue weighted by Gasteiger charge is 2.34. The first-order valence-corrected chi connectivity index (χ1v) is 9.72. The molecular formula is C17H26N2O5S. The third-order valence-corrected chi connectivity index (χ3v) is 6.10. The van der Waals surface area contributed by atoms with Crippen molar-refractivity contribution in [2.24, 2.45) is 0 Å². The molecule has 7 nitrogen and oxygen atoms in total. The number of benzene rings is 1. The third kappa shape index (κ3) is 4.79. The van der Waals surface area contributed by atoms with Gasteiger partial charge < -0.3 is 10.4 Å². The molecular weight excluding hydrogens is 344 g/mol. The fourth-order valence-electron chi connectivity index (χ4n) is 2.56. The average Bonchev–Trinajstić information content (AvgIpc) is 2.55. The summed E-state index contributed by atoms with van der Waals surface area (Å²) in [6.07, 6.45) is 0.852. The Morgan fingerprint density at radius 3 is 2.28 bits per heavy atom. The zero-order valence-electron chi connectivity index (χ0n) is 15.1. The fourth-order valence-corrected chi connectivity index (χ4v) is 4.06. The third-order valence-electron chi connectivity index (χ3n) is 4.05. The number of carbonyl (C=O) groups is 2. The molecule has 0 aliphatic heterocycles. The molecule has 8 heteroatoms. The van der Waals surface area contributed by atoms with Crippen LogP contribution >= 0.6 is 0 Å². The Balaban J connectivity index is 3.17. The molecule has 0 fully saturated rings. The van der Waals surface area contributed by atoms with Gasteiger partial charge in [-0.25, -0.2) is 13.2 Å². The maximum absolute atomic E-state index is 12.6. The number of nitrogens with one attached hydrogen (secondary N) is 1. The van der Waals surface area contributed by atoms with Crippen molar-refractivity contribution in [1.82, 2.24) is 9.62 Å². The molecule has 1 aromatic carbocycles. The van der Waals surface area contributed by atoms with Crippen molar-refractivity contribution in [1.29, 1.82) is 0 Å². The maximum atomic E-state index is 12.6. The molecule has 2 N–H and O–H groups in total. The second kappa shape index (κ2) is 8.44. The van der Waals surface area contributed by atoms with Gasteiger partial charge in [-0.3, -0.25) is 4.79 Å². The Kier molecular flexibility index (Phi) is 7.13. The molecule has 0 aliphatic rings. The molecule has 0 saturated heterocycles. The van der Waals surface area contributed by atoms with Gasteiger partial charge in [0.05, 0.1) is 4.90 Å². The van der Waals surface area contributed by atoms with Crippen molar-refractivity contribution in [2.45, 2.75) is 51.0 Å². The zero-order chi connectivity index (χ0) is 19.3. The van der Waals surface area contributed by atoms with Crippen LogP contribution in [0.15, 0.2) is 29.2 Å². The lowest BCUT2D eigenvalue weighted by molar-refractivity contribution is -0.144. The van der Waals surface area contributed by atoms with Gasteiger partial charge in [0.1, 0.15) is 5.54 Å². The molecule has 0 aliphatic carbocycles. The van der Waals surface area contributed by atoms with Crippen molar-refractivity contribution in [3.8, 4) is 0 Å². The molecule has 0 saturated carbocycles. The minimum atomic E-state index is -3.69. The summed E-state index contributed by atoms with van der Waals surface area (Å²) in [7, 11) is -3.69. The van der Waals surface area contributed by atoms with Crippen LogP contribution in [0.25, 0.3) is 0 Å². The Morgan fingerprint density at radius 1 is 1.20 bits per heavy atom. The number of carbonyl (C=O) groups excluding carboxylic acids is 1. The van der Waals surface area contributed by atoms with Crippen molar-refractivity contribution >= 4 is 21.9 Å². The molecule has 0 heterocycles. The number of hydrogen-bond donors (Lipinski definition) is 2. The van der Waals surface area contributed by atoms with Crippen LogP contribution in [0.3, 0.4) is 0 Å². The van der Waals surface area contributed by atoms with Crippen molar-refractivity contribution in [3.63, 3.8) is 0 Å². The lowest BCUT2D eigenvalue weighted by Gasteiger charge is -2.26. The molecule has 1 rings (SSSR count). The van der Waals surface area contributed by atoms with Gasteiger partial charge in [-0.15, -0.1) is 0 Å². The second-order valence-corrected chi connectivity index (χ2v) is 7.90. The van der Waals surface area contributed by atoms with E-state index >= 15 is 0 Å². The SMILES string of the molecule is CCCC(C)(NC(=O)c1cccc(S(=O)(=O)N(CC)CC)c1)C(=O)O. The molecule has 140 valence electrons. The average molecular weight is 370 g/mol. The first-order valence-electron chi connectivity index (χ1n) is 8.28. The quantitative estimate of drug-likeness (QED) is 0.693. The Morgan fingerprint density at radius 2 is 1.80 bits per heavy atom. The summed E-state index contributed by atoms with van der Waals surface area (Å²) in [6, 6.07) is 5.64. The van der Waals surface area contributed by atoms with Crippen molar-refractivity contribution < 1.29 is 23.1 Å². The summed E-state index contributed by atoms with van der Waals surface area (Å²) in [6.45, 7) is 7.38. The summed E-state index contributed by atoms with van der Waals surface area (Å²) in [5.41, 5.74) is -1.30. The standard InChI is InChI=1S/C17H26N2O5S/c1-5-11-17(4,16(21)22)18-15(20)13-9-8-10-14(12-13)25(23,24)19(6-2)7-3/h8-10,12H,5-7,11H2,1-4H3,(H,18,20)(H,21,22). The van der Waals surface area contributed by atoms with E-state index in [1.165, 1.54) is 35.5 Å². The first-order chi connectivity index (χ1) is 11.6. The van der Waals surface area contributed by atoms with Gasteiger partial charge in [0.2, 0.25) is 10.0 Å². The van der Waals surface area contributed by atoms with Gasteiger partial charge in [-0.2, -0.15) is 4.31 Å². The Labute approximate surface area is 149 Å². The molecule has 1 aromatic rings. The lowest BCUT2D eigenvalue weighted by Crippen LogP contribution is -2.52. The van der Waals surface area contributed by atoms with Crippen LogP contribution in [0, 0.1) is 0 Å². The highest BCUT2D eigenvalue weighted by Crippen LogP contribution is 2.19. The molecule has 1 unspecified atom stereocenters. The van der Waals surface area contributed by atoms with Crippen LogP contribution in [0.5, 0.6) is 0 Å². The van der Waals surface area contributed by atoms with Crippen LogP contribution in [0.2, 0.25) is 0 Å². The van der Waals surface area contributed by atoms with Gasteiger partial charge in [0, 0.05) is 18.7 Å². The van der Waals surface area contributed by atoms with E-state index in [-0.39, 0.29) is 16.9 Å². The van der Waals surface area contributed by atoms with E-state index < -0.39 is 27.4 Å². The summed E-state index contributed by atoms with van der Waals surface area (Å²) in [5, 5.41) is 11.9. The number of rotatable bonds is 9. The first kappa shape index (κ1) is 21.1. The van der Waals surface area contributed by atoms with E-state index in [1.54, 1.807) is 13.8 Å². The minimum absolute atomic E-state index is 0.0105.